The summed E-state index contributed by atoms with van der Waals surface area (Å²) in [5, 5.41) is 2.25. The number of allylic oxidation sites excluding steroid dienone is 2. The van der Waals surface area contributed by atoms with E-state index in [0.29, 0.717) is 6.54 Å². The van der Waals surface area contributed by atoms with Crippen molar-refractivity contribution in [3.8, 4) is 0 Å². The quantitative estimate of drug-likeness (QED) is 0.788. The lowest BCUT2D eigenvalue weighted by atomic mass is 10.0. The van der Waals surface area contributed by atoms with Gasteiger partial charge in [-0.05, 0) is 48.3 Å². The molecule has 0 amide bonds. The van der Waals surface area contributed by atoms with Crippen molar-refractivity contribution in [3.05, 3.63) is 28.0 Å². The number of hydrogen-bond donors (Lipinski definition) is 1. The van der Waals surface area contributed by atoms with E-state index in [9.17, 15) is 0 Å². The first-order valence-corrected chi connectivity index (χ1v) is 6.25. The maximum Gasteiger partial charge on any atom is 0.0274 e. The summed E-state index contributed by atoms with van der Waals surface area (Å²) >= 11 is 1.78. The minimum Gasteiger partial charge on any atom is -0.326 e. The maximum absolute atomic E-state index is 5.61. The molecular formula is C12H17NS. The molecule has 2 heteroatoms. The number of thiophene rings is 1. The van der Waals surface area contributed by atoms with Gasteiger partial charge in [0.15, 0.2) is 0 Å². The second-order valence-corrected chi connectivity index (χ2v) is 4.83. The van der Waals surface area contributed by atoms with E-state index in [0.717, 1.165) is 0 Å². The Morgan fingerprint density at radius 3 is 3.00 bits per heavy atom. The SMILES string of the molecule is NCc1cc(C2=CCCCCC2)cs1. The van der Waals surface area contributed by atoms with Gasteiger partial charge in [-0.25, -0.2) is 0 Å². The van der Waals surface area contributed by atoms with Crippen LogP contribution in [0.3, 0.4) is 0 Å². The van der Waals surface area contributed by atoms with Gasteiger partial charge in [0.05, 0.1) is 0 Å². The molecule has 0 radical (unpaired) electrons. The highest BCUT2D eigenvalue weighted by Gasteiger charge is 2.06. The Morgan fingerprint density at radius 1 is 1.29 bits per heavy atom. The van der Waals surface area contributed by atoms with Crippen molar-refractivity contribution < 1.29 is 0 Å². The second kappa shape index (κ2) is 4.76. The fourth-order valence-electron chi connectivity index (χ4n) is 1.93. The fraction of sp³-hybridized carbons (Fsp3) is 0.500. The van der Waals surface area contributed by atoms with Crippen LogP contribution in [0.15, 0.2) is 17.5 Å². The summed E-state index contributed by atoms with van der Waals surface area (Å²) in [6.45, 7) is 0.679. The average Bonchev–Trinajstić information content (AvgIpc) is 2.53. The van der Waals surface area contributed by atoms with E-state index in [1.54, 1.807) is 16.9 Å². The minimum absolute atomic E-state index is 0.679. The standard InChI is InChI=1S/C12H17NS/c13-8-12-7-11(9-14-12)10-5-3-1-2-4-6-10/h5,7,9H,1-4,6,8,13H2. The molecule has 2 N–H and O–H groups in total. The molecule has 0 aromatic carbocycles. The van der Waals surface area contributed by atoms with E-state index in [1.165, 1.54) is 42.5 Å². The monoisotopic (exact) mass is 207 g/mol. The van der Waals surface area contributed by atoms with E-state index in [4.69, 9.17) is 5.73 Å². The molecule has 0 bridgehead atoms. The molecule has 1 aromatic rings. The Morgan fingerprint density at radius 2 is 2.21 bits per heavy atom. The molecule has 0 saturated carbocycles. The smallest absolute Gasteiger partial charge is 0.0274 e. The van der Waals surface area contributed by atoms with Gasteiger partial charge in [0, 0.05) is 11.4 Å². The van der Waals surface area contributed by atoms with Gasteiger partial charge in [-0.3, -0.25) is 0 Å². The highest BCUT2D eigenvalue weighted by Crippen LogP contribution is 2.28. The first-order chi connectivity index (χ1) is 6.90. The molecule has 1 aliphatic carbocycles. The van der Waals surface area contributed by atoms with Crippen molar-refractivity contribution >= 4 is 16.9 Å². The van der Waals surface area contributed by atoms with Crippen LogP contribution in [0.4, 0.5) is 0 Å². The van der Waals surface area contributed by atoms with Gasteiger partial charge in [0.25, 0.3) is 0 Å². The van der Waals surface area contributed by atoms with Crippen LogP contribution in [0, 0.1) is 0 Å². The predicted octanol–water partition coefficient (Wildman–Crippen LogP) is 3.55. The zero-order valence-electron chi connectivity index (χ0n) is 8.46. The van der Waals surface area contributed by atoms with Crippen molar-refractivity contribution in [2.45, 2.75) is 38.6 Å². The Hall–Kier alpha value is -0.600. The van der Waals surface area contributed by atoms with Gasteiger partial charge < -0.3 is 5.73 Å². The topological polar surface area (TPSA) is 26.0 Å². The molecule has 0 unspecified atom stereocenters. The molecule has 0 fully saturated rings. The predicted molar refractivity (Wildman–Crippen MR) is 63.3 cm³/mol. The van der Waals surface area contributed by atoms with Gasteiger partial charge >= 0.3 is 0 Å². The Bertz CT molecular complexity index is 325. The summed E-state index contributed by atoms with van der Waals surface area (Å²) in [7, 11) is 0. The van der Waals surface area contributed by atoms with Gasteiger partial charge in [-0.1, -0.05) is 12.5 Å². The summed E-state index contributed by atoms with van der Waals surface area (Å²) in [6.07, 6.45) is 9.00. The first kappa shape index (κ1) is 9.94. The molecule has 2 rings (SSSR count). The molecule has 1 heterocycles. The fourth-order valence-corrected chi connectivity index (χ4v) is 2.72. The highest BCUT2D eigenvalue weighted by molar-refractivity contribution is 7.10. The molecule has 1 aromatic heterocycles. The molecule has 0 atom stereocenters. The van der Waals surface area contributed by atoms with Crippen LogP contribution in [0.5, 0.6) is 0 Å². The van der Waals surface area contributed by atoms with Crippen molar-refractivity contribution in [3.63, 3.8) is 0 Å². The molecule has 1 nitrogen and oxygen atoms in total. The molecule has 0 saturated heterocycles. The first-order valence-electron chi connectivity index (χ1n) is 5.37. The van der Waals surface area contributed by atoms with Gasteiger partial charge in [-0.2, -0.15) is 0 Å². The molecular weight excluding hydrogens is 190 g/mol. The summed E-state index contributed by atoms with van der Waals surface area (Å²) in [5.74, 6) is 0. The van der Waals surface area contributed by atoms with Gasteiger partial charge in [-0.15, -0.1) is 11.3 Å². The lowest BCUT2D eigenvalue weighted by Gasteiger charge is -2.00. The third-order valence-electron chi connectivity index (χ3n) is 2.77. The summed E-state index contributed by atoms with van der Waals surface area (Å²) in [5.41, 5.74) is 8.57. The van der Waals surface area contributed by atoms with E-state index < -0.39 is 0 Å². The van der Waals surface area contributed by atoms with E-state index in [1.807, 2.05) is 0 Å². The van der Waals surface area contributed by atoms with Crippen LogP contribution in [0.1, 0.15) is 42.5 Å². The molecule has 76 valence electrons. The highest BCUT2D eigenvalue weighted by atomic mass is 32.1. The lowest BCUT2D eigenvalue weighted by molar-refractivity contribution is 0.720. The average molecular weight is 207 g/mol. The third-order valence-corrected chi connectivity index (χ3v) is 3.73. The van der Waals surface area contributed by atoms with Crippen LogP contribution in [0.25, 0.3) is 5.57 Å². The van der Waals surface area contributed by atoms with E-state index >= 15 is 0 Å². The van der Waals surface area contributed by atoms with Crippen molar-refractivity contribution in [1.82, 2.24) is 0 Å². The summed E-state index contributed by atoms with van der Waals surface area (Å²) in [6, 6.07) is 2.25. The Kier molecular flexibility index (Phi) is 3.38. The second-order valence-electron chi connectivity index (χ2n) is 3.83. The summed E-state index contributed by atoms with van der Waals surface area (Å²) in [4.78, 5) is 1.30. The van der Waals surface area contributed by atoms with Gasteiger partial charge in [0.2, 0.25) is 0 Å². The van der Waals surface area contributed by atoms with Crippen molar-refractivity contribution in [2.24, 2.45) is 5.73 Å². The number of nitrogens with two attached hydrogens (primary N) is 1. The van der Waals surface area contributed by atoms with Gasteiger partial charge in [0.1, 0.15) is 0 Å². The Balaban J connectivity index is 2.16. The van der Waals surface area contributed by atoms with E-state index in [-0.39, 0.29) is 0 Å². The molecule has 1 aliphatic rings. The molecule has 14 heavy (non-hydrogen) atoms. The zero-order valence-corrected chi connectivity index (χ0v) is 9.28. The van der Waals surface area contributed by atoms with Crippen LogP contribution in [-0.2, 0) is 6.54 Å². The van der Waals surface area contributed by atoms with Crippen molar-refractivity contribution in [2.75, 3.05) is 0 Å². The Labute approximate surface area is 89.6 Å². The number of hydrogen-bond acceptors (Lipinski definition) is 2. The van der Waals surface area contributed by atoms with Crippen LogP contribution in [0.2, 0.25) is 0 Å². The molecule has 0 spiro atoms. The largest absolute Gasteiger partial charge is 0.326 e. The normalized spacial score (nSPS) is 17.6. The third kappa shape index (κ3) is 2.25. The minimum atomic E-state index is 0.679. The van der Waals surface area contributed by atoms with E-state index in [2.05, 4.69) is 17.5 Å². The maximum atomic E-state index is 5.61. The van der Waals surface area contributed by atoms with Crippen LogP contribution >= 0.6 is 11.3 Å². The van der Waals surface area contributed by atoms with Crippen LogP contribution < -0.4 is 5.73 Å². The van der Waals surface area contributed by atoms with Crippen LogP contribution in [-0.4, -0.2) is 0 Å². The zero-order chi connectivity index (χ0) is 9.80. The molecule has 0 aliphatic heterocycles. The van der Waals surface area contributed by atoms with Crippen molar-refractivity contribution in [1.29, 1.82) is 0 Å². The lowest BCUT2D eigenvalue weighted by Crippen LogP contribution is -1.91. The summed E-state index contributed by atoms with van der Waals surface area (Å²) < 4.78 is 0. The number of rotatable bonds is 2.